The minimum atomic E-state index is -0.131. The minimum absolute atomic E-state index is 0.00745. The molecule has 0 spiro atoms. The van der Waals surface area contributed by atoms with Crippen molar-refractivity contribution in [2.75, 3.05) is 25.6 Å². The highest BCUT2D eigenvalue weighted by Crippen LogP contribution is 2.22. The van der Waals surface area contributed by atoms with Crippen LogP contribution in [0.15, 0.2) is 22.7 Å². The van der Waals surface area contributed by atoms with Gasteiger partial charge in [0.05, 0.1) is 19.1 Å². The summed E-state index contributed by atoms with van der Waals surface area (Å²) < 4.78 is 6.30. The SMILES string of the molecule is CNC1COCC1C(=O)Nc1cc(Br)ccc1C. The maximum absolute atomic E-state index is 12.2. The van der Waals surface area contributed by atoms with Crippen LogP contribution in [0.1, 0.15) is 5.56 Å². The van der Waals surface area contributed by atoms with Crippen molar-refractivity contribution in [2.45, 2.75) is 13.0 Å². The van der Waals surface area contributed by atoms with Gasteiger partial charge in [0.2, 0.25) is 5.91 Å². The van der Waals surface area contributed by atoms with Gasteiger partial charge in [-0.3, -0.25) is 4.79 Å². The van der Waals surface area contributed by atoms with E-state index in [1.165, 1.54) is 0 Å². The Labute approximate surface area is 115 Å². The van der Waals surface area contributed by atoms with E-state index in [0.717, 1.165) is 15.7 Å². The monoisotopic (exact) mass is 312 g/mol. The van der Waals surface area contributed by atoms with E-state index in [0.29, 0.717) is 13.2 Å². The summed E-state index contributed by atoms with van der Waals surface area (Å²) in [5.74, 6) is -0.124. The van der Waals surface area contributed by atoms with Crippen LogP contribution in [-0.4, -0.2) is 32.2 Å². The summed E-state index contributed by atoms with van der Waals surface area (Å²) in [7, 11) is 1.85. The number of amides is 1. The van der Waals surface area contributed by atoms with Crippen LogP contribution in [0.4, 0.5) is 5.69 Å². The Kier molecular flexibility index (Phi) is 4.37. The molecule has 1 aliphatic rings. The van der Waals surface area contributed by atoms with Gasteiger partial charge in [0.1, 0.15) is 0 Å². The largest absolute Gasteiger partial charge is 0.379 e. The third-order valence-electron chi connectivity index (χ3n) is 3.25. The summed E-state index contributed by atoms with van der Waals surface area (Å²) in [4.78, 5) is 12.2. The number of aryl methyl sites for hydroxylation is 1. The summed E-state index contributed by atoms with van der Waals surface area (Å²) in [6.45, 7) is 3.04. The lowest BCUT2D eigenvalue weighted by molar-refractivity contribution is -0.120. The number of likely N-dealkylation sites (N-methyl/N-ethyl adjacent to an activating group) is 1. The first-order chi connectivity index (χ1) is 8.61. The van der Waals surface area contributed by atoms with Crippen LogP contribution >= 0.6 is 15.9 Å². The second-order valence-electron chi connectivity index (χ2n) is 4.49. The number of carbonyl (C=O) groups excluding carboxylic acids is 1. The van der Waals surface area contributed by atoms with E-state index in [-0.39, 0.29) is 17.9 Å². The molecule has 0 saturated carbocycles. The van der Waals surface area contributed by atoms with E-state index >= 15 is 0 Å². The summed E-state index contributed by atoms with van der Waals surface area (Å²) in [6.07, 6.45) is 0. The van der Waals surface area contributed by atoms with Gasteiger partial charge in [-0.15, -0.1) is 0 Å². The maximum atomic E-state index is 12.2. The minimum Gasteiger partial charge on any atom is -0.379 e. The van der Waals surface area contributed by atoms with Gasteiger partial charge in [-0.05, 0) is 31.7 Å². The fourth-order valence-corrected chi connectivity index (χ4v) is 2.41. The van der Waals surface area contributed by atoms with Crippen molar-refractivity contribution < 1.29 is 9.53 Å². The molecule has 2 atom stereocenters. The Morgan fingerprint density at radius 3 is 2.94 bits per heavy atom. The van der Waals surface area contributed by atoms with Crippen molar-refractivity contribution in [2.24, 2.45) is 5.92 Å². The molecule has 1 heterocycles. The predicted octanol–water partition coefficient (Wildman–Crippen LogP) is 1.93. The number of hydrogen-bond donors (Lipinski definition) is 2. The molecule has 1 aromatic rings. The molecule has 1 aromatic carbocycles. The summed E-state index contributed by atoms with van der Waals surface area (Å²) in [6, 6.07) is 5.94. The van der Waals surface area contributed by atoms with Gasteiger partial charge < -0.3 is 15.4 Å². The number of hydrogen-bond acceptors (Lipinski definition) is 3. The van der Waals surface area contributed by atoms with E-state index in [9.17, 15) is 4.79 Å². The smallest absolute Gasteiger partial charge is 0.231 e. The molecule has 0 aliphatic carbocycles. The van der Waals surface area contributed by atoms with Crippen molar-refractivity contribution in [3.8, 4) is 0 Å². The summed E-state index contributed by atoms with van der Waals surface area (Å²) in [5, 5.41) is 6.08. The molecular weight excluding hydrogens is 296 g/mol. The molecule has 4 nitrogen and oxygen atoms in total. The number of rotatable bonds is 3. The molecule has 0 radical (unpaired) electrons. The maximum Gasteiger partial charge on any atom is 0.231 e. The third kappa shape index (κ3) is 2.91. The van der Waals surface area contributed by atoms with Crippen molar-refractivity contribution in [1.82, 2.24) is 5.32 Å². The van der Waals surface area contributed by atoms with Crippen LogP contribution < -0.4 is 10.6 Å². The lowest BCUT2D eigenvalue weighted by atomic mass is 10.0. The molecule has 2 N–H and O–H groups in total. The van der Waals surface area contributed by atoms with Crippen LogP contribution in [0.3, 0.4) is 0 Å². The second kappa shape index (κ2) is 5.82. The van der Waals surface area contributed by atoms with E-state index in [1.54, 1.807) is 0 Å². The molecule has 2 unspecified atom stereocenters. The zero-order chi connectivity index (χ0) is 13.1. The Hall–Kier alpha value is -0.910. The lowest BCUT2D eigenvalue weighted by Gasteiger charge is -2.17. The zero-order valence-corrected chi connectivity index (χ0v) is 12.1. The molecule has 5 heteroatoms. The van der Waals surface area contributed by atoms with Crippen molar-refractivity contribution in [3.63, 3.8) is 0 Å². The molecule has 2 rings (SSSR count). The molecule has 1 amide bonds. The number of halogens is 1. The van der Waals surface area contributed by atoms with E-state index in [1.807, 2.05) is 32.2 Å². The average Bonchev–Trinajstić information content (AvgIpc) is 2.82. The van der Waals surface area contributed by atoms with Crippen molar-refractivity contribution in [1.29, 1.82) is 0 Å². The highest BCUT2D eigenvalue weighted by atomic mass is 79.9. The first kappa shape index (κ1) is 13.5. The van der Waals surface area contributed by atoms with Gasteiger partial charge >= 0.3 is 0 Å². The number of carbonyl (C=O) groups is 1. The first-order valence-electron chi connectivity index (χ1n) is 5.94. The fraction of sp³-hybridized carbons (Fsp3) is 0.462. The van der Waals surface area contributed by atoms with Gasteiger partial charge in [0, 0.05) is 16.2 Å². The number of benzene rings is 1. The van der Waals surface area contributed by atoms with Gasteiger partial charge in [0.25, 0.3) is 0 Å². The topological polar surface area (TPSA) is 50.4 Å². The first-order valence-corrected chi connectivity index (χ1v) is 6.73. The summed E-state index contributed by atoms with van der Waals surface area (Å²) in [5.41, 5.74) is 1.89. The third-order valence-corrected chi connectivity index (χ3v) is 3.74. The molecule has 1 saturated heterocycles. The van der Waals surface area contributed by atoms with Crippen molar-refractivity contribution >= 4 is 27.5 Å². The number of ether oxygens (including phenoxy) is 1. The molecular formula is C13H17BrN2O2. The molecule has 1 fully saturated rings. The van der Waals surface area contributed by atoms with Crippen LogP contribution in [0.5, 0.6) is 0 Å². The Morgan fingerprint density at radius 1 is 1.44 bits per heavy atom. The zero-order valence-electron chi connectivity index (χ0n) is 10.5. The van der Waals surface area contributed by atoms with E-state index in [2.05, 4.69) is 26.6 Å². The van der Waals surface area contributed by atoms with Gasteiger partial charge in [0.15, 0.2) is 0 Å². The van der Waals surface area contributed by atoms with E-state index < -0.39 is 0 Å². The second-order valence-corrected chi connectivity index (χ2v) is 5.40. The molecule has 0 bridgehead atoms. The molecule has 98 valence electrons. The Morgan fingerprint density at radius 2 is 2.22 bits per heavy atom. The van der Waals surface area contributed by atoms with Crippen molar-refractivity contribution in [3.05, 3.63) is 28.2 Å². The van der Waals surface area contributed by atoms with Gasteiger partial charge in [-0.2, -0.15) is 0 Å². The van der Waals surface area contributed by atoms with Crippen LogP contribution in [0.25, 0.3) is 0 Å². The van der Waals surface area contributed by atoms with Crippen LogP contribution in [0, 0.1) is 12.8 Å². The molecule has 0 aromatic heterocycles. The van der Waals surface area contributed by atoms with Crippen LogP contribution in [0.2, 0.25) is 0 Å². The Balaban J connectivity index is 2.09. The number of nitrogens with one attached hydrogen (secondary N) is 2. The fourth-order valence-electron chi connectivity index (χ4n) is 2.05. The van der Waals surface area contributed by atoms with Crippen LogP contribution in [-0.2, 0) is 9.53 Å². The van der Waals surface area contributed by atoms with Gasteiger partial charge in [-0.1, -0.05) is 22.0 Å². The lowest BCUT2D eigenvalue weighted by Crippen LogP contribution is -2.39. The highest BCUT2D eigenvalue weighted by molar-refractivity contribution is 9.10. The van der Waals surface area contributed by atoms with E-state index in [4.69, 9.17) is 4.74 Å². The average molecular weight is 313 g/mol. The predicted molar refractivity (Wildman–Crippen MR) is 74.7 cm³/mol. The summed E-state index contributed by atoms with van der Waals surface area (Å²) >= 11 is 3.41. The number of anilines is 1. The molecule has 1 aliphatic heterocycles. The normalized spacial score (nSPS) is 23.1. The standard InChI is InChI=1S/C13H17BrN2O2/c1-8-3-4-9(14)5-11(8)16-13(17)10-6-18-7-12(10)15-2/h3-5,10,12,15H,6-7H2,1-2H3,(H,16,17). The molecule has 18 heavy (non-hydrogen) atoms. The highest BCUT2D eigenvalue weighted by Gasteiger charge is 2.33. The van der Waals surface area contributed by atoms with Gasteiger partial charge in [-0.25, -0.2) is 0 Å². The Bertz CT molecular complexity index is 451. The quantitative estimate of drug-likeness (QED) is 0.896.